The molecule has 0 unspecified atom stereocenters. The van der Waals surface area contributed by atoms with Crippen molar-refractivity contribution >= 4 is 27.7 Å². The van der Waals surface area contributed by atoms with Crippen molar-refractivity contribution < 1.29 is 18.1 Å². The number of nitro groups is 1. The Morgan fingerprint density at radius 1 is 1.36 bits per heavy atom. The first-order valence-electron chi connectivity index (χ1n) is 8.03. The van der Waals surface area contributed by atoms with Crippen molar-refractivity contribution in [3.8, 4) is 0 Å². The minimum atomic E-state index is -3.19. The monoisotopic (exact) mass is 367 g/mol. The molecule has 1 fully saturated rings. The number of piperidine rings is 1. The Morgan fingerprint density at radius 2 is 2.00 bits per heavy atom. The number of nitro benzene ring substituents is 1. The number of para-hydroxylation sites is 1. The summed E-state index contributed by atoms with van der Waals surface area (Å²) in [7, 11) is -3.19. The Bertz CT molecular complexity index is 768. The van der Waals surface area contributed by atoms with E-state index in [9.17, 15) is 23.3 Å². The molecule has 1 aliphatic rings. The van der Waals surface area contributed by atoms with E-state index in [1.807, 2.05) is 0 Å². The summed E-state index contributed by atoms with van der Waals surface area (Å²) < 4.78 is 25.0. The van der Waals surface area contributed by atoms with Crippen LogP contribution >= 0.6 is 0 Å². The van der Waals surface area contributed by atoms with E-state index in [1.165, 1.54) is 22.5 Å². The Labute approximate surface area is 146 Å². The van der Waals surface area contributed by atoms with Crippen LogP contribution in [-0.2, 0) is 14.8 Å². The molecule has 25 heavy (non-hydrogen) atoms. The van der Waals surface area contributed by atoms with Crippen LogP contribution in [0.4, 0.5) is 5.69 Å². The van der Waals surface area contributed by atoms with Crippen molar-refractivity contribution in [2.45, 2.75) is 25.8 Å². The van der Waals surface area contributed by atoms with Crippen molar-refractivity contribution in [1.29, 1.82) is 0 Å². The molecule has 2 rings (SSSR count). The molecule has 1 aliphatic heterocycles. The minimum absolute atomic E-state index is 0.0652. The van der Waals surface area contributed by atoms with E-state index >= 15 is 0 Å². The summed E-state index contributed by atoms with van der Waals surface area (Å²) in [5.41, 5.74) is 0.288. The maximum atomic E-state index is 12.0. The number of nitrogens with zero attached hydrogens (tertiary/aromatic N) is 2. The van der Waals surface area contributed by atoms with Gasteiger partial charge in [0.15, 0.2) is 0 Å². The Balaban J connectivity index is 1.91. The van der Waals surface area contributed by atoms with Crippen LogP contribution in [0.3, 0.4) is 0 Å². The second-order valence-electron chi connectivity index (χ2n) is 5.73. The van der Waals surface area contributed by atoms with E-state index in [4.69, 9.17) is 0 Å². The average Bonchev–Trinajstić information content (AvgIpc) is 2.60. The molecular formula is C16H21N3O5S. The zero-order chi connectivity index (χ0) is 18.4. The number of rotatable bonds is 6. The predicted molar refractivity (Wildman–Crippen MR) is 94.3 cm³/mol. The van der Waals surface area contributed by atoms with Gasteiger partial charge in [-0.25, -0.2) is 12.7 Å². The molecule has 1 heterocycles. The molecule has 136 valence electrons. The maximum Gasteiger partial charge on any atom is 0.276 e. The largest absolute Gasteiger partial charge is 0.350 e. The molecule has 0 aromatic heterocycles. The summed E-state index contributed by atoms with van der Waals surface area (Å²) in [5, 5.41) is 13.7. The van der Waals surface area contributed by atoms with Gasteiger partial charge >= 0.3 is 0 Å². The second kappa shape index (κ2) is 8.21. The van der Waals surface area contributed by atoms with Gasteiger partial charge in [-0.3, -0.25) is 14.9 Å². The number of nitrogens with one attached hydrogen (secondary N) is 1. The Morgan fingerprint density at radius 3 is 2.60 bits per heavy atom. The van der Waals surface area contributed by atoms with Crippen LogP contribution in [0.1, 0.15) is 25.3 Å². The molecule has 0 aliphatic carbocycles. The standard InChI is InChI=1S/C16H21N3O5S/c1-2-25(23,24)18-11-9-14(10-12-18)17-16(20)8-7-13-5-3-4-6-15(13)19(21)22/h3-8,14H,2,9-12H2,1H3,(H,17,20). The highest BCUT2D eigenvalue weighted by atomic mass is 32.2. The van der Waals surface area contributed by atoms with E-state index in [-0.39, 0.29) is 23.4 Å². The lowest BCUT2D eigenvalue weighted by Crippen LogP contribution is -2.46. The molecule has 1 amide bonds. The molecule has 8 nitrogen and oxygen atoms in total. The first kappa shape index (κ1) is 19.1. The SMILES string of the molecule is CCS(=O)(=O)N1CCC(NC(=O)C=Cc2ccccc2[N+](=O)[O-])CC1. The fourth-order valence-corrected chi connectivity index (χ4v) is 3.80. The third kappa shape index (κ3) is 5.10. The summed E-state index contributed by atoms with van der Waals surface area (Å²) in [4.78, 5) is 22.4. The maximum absolute atomic E-state index is 12.0. The van der Waals surface area contributed by atoms with E-state index in [2.05, 4.69) is 5.32 Å². The molecule has 1 saturated heterocycles. The molecule has 1 aromatic carbocycles. The minimum Gasteiger partial charge on any atom is -0.350 e. The topological polar surface area (TPSA) is 110 Å². The van der Waals surface area contributed by atoms with Gasteiger partial charge in [0.25, 0.3) is 5.69 Å². The summed E-state index contributed by atoms with van der Waals surface area (Å²) in [5.74, 6) is -0.280. The lowest BCUT2D eigenvalue weighted by Gasteiger charge is -2.31. The van der Waals surface area contributed by atoms with Crippen LogP contribution in [0.2, 0.25) is 0 Å². The fourth-order valence-electron chi connectivity index (χ4n) is 2.67. The molecule has 0 bridgehead atoms. The van der Waals surface area contributed by atoms with Crippen molar-refractivity contribution in [3.05, 3.63) is 46.0 Å². The number of amides is 1. The third-order valence-electron chi connectivity index (χ3n) is 4.11. The summed E-state index contributed by atoms with van der Waals surface area (Å²) in [6.45, 7) is 2.38. The van der Waals surface area contributed by atoms with Crippen LogP contribution in [0.25, 0.3) is 6.08 Å². The van der Waals surface area contributed by atoms with Crippen molar-refractivity contribution in [2.24, 2.45) is 0 Å². The van der Waals surface area contributed by atoms with Gasteiger partial charge in [-0.2, -0.15) is 0 Å². The number of hydrogen-bond acceptors (Lipinski definition) is 5. The zero-order valence-corrected chi connectivity index (χ0v) is 14.7. The van der Waals surface area contributed by atoms with Gasteiger partial charge in [-0.1, -0.05) is 12.1 Å². The number of sulfonamides is 1. The van der Waals surface area contributed by atoms with Crippen LogP contribution in [0.5, 0.6) is 0 Å². The smallest absolute Gasteiger partial charge is 0.276 e. The molecule has 0 spiro atoms. The normalized spacial score (nSPS) is 16.8. The van der Waals surface area contributed by atoms with Gasteiger partial charge in [0.1, 0.15) is 0 Å². The lowest BCUT2D eigenvalue weighted by molar-refractivity contribution is -0.385. The number of hydrogen-bond donors (Lipinski definition) is 1. The van der Waals surface area contributed by atoms with Crippen LogP contribution in [0.15, 0.2) is 30.3 Å². The van der Waals surface area contributed by atoms with Crippen molar-refractivity contribution in [2.75, 3.05) is 18.8 Å². The Hall–Kier alpha value is -2.26. The summed E-state index contributed by atoms with van der Waals surface area (Å²) >= 11 is 0. The fraction of sp³-hybridized carbons (Fsp3) is 0.438. The van der Waals surface area contributed by atoms with E-state index in [1.54, 1.807) is 25.1 Å². The quantitative estimate of drug-likeness (QED) is 0.466. The Kier molecular flexibility index (Phi) is 6.27. The first-order chi connectivity index (χ1) is 11.8. The van der Waals surface area contributed by atoms with Gasteiger partial charge in [0.2, 0.25) is 15.9 Å². The lowest BCUT2D eigenvalue weighted by atomic mass is 10.1. The van der Waals surface area contributed by atoms with Crippen LogP contribution in [-0.4, -0.2) is 48.4 Å². The number of carbonyl (C=O) groups is 1. The van der Waals surface area contributed by atoms with Gasteiger partial charge in [-0.05, 0) is 31.9 Å². The van der Waals surface area contributed by atoms with Gasteiger partial charge < -0.3 is 5.32 Å². The van der Waals surface area contributed by atoms with Crippen LogP contribution in [0, 0.1) is 10.1 Å². The molecule has 9 heteroatoms. The third-order valence-corrected chi connectivity index (χ3v) is 5.99. The average molecular weight is 367 g/mol. The van der Waals surface area contributed by atoms with Gasteiger partial charge in [-0.15, -0.1) is 0 Å². The van der Waals surface area contributed by atoms with Gasteiger partial charge in [0.05, 0.1) is 16.2 Å². The van der Waals surface area contributed by atoms with E-state index < -0.39 is 14.9 Å². The second-order valence-corrected chi connectivity index (χ2v) is 7.99. The molecule has 0 saturated carbocycles. The highest BCUT2D eigenvalue weighted by Gasteiger charge is 2.27. The highest BCUT2D eigenvalue weighted by Crippen LogP contribution is 2.19. The molecule has 0 radical (unpaired) electrons. The molecule has 1 aromatic rings. The molecule has 1 N–H and O–H groups in total. The summed E-state index contributed by atoms with van der Waals surface area (Å²) in [6.07, 6.45) is 3.76. The predicted octanol–water partition coefficient (Wildman–Crippen LogP) is 1.54. The number of carbonyl (C=O) groups excluding carboxylic acids is 1. The van der Waals surface area contributed by atoms with E-state index in [0.717, 1.165) is 0 Å². The zero-order valence-electron chi connectivity index (χ0n) is 13.9. The van der Waals surface area contributed by atoms with Crippen molar-refractivity contribution in [3.63, 3.8) is 0 Å². The first-order valence-corrected chi connectivity index (χ1v) is 9.64. The molecule has 0 atom stereocenters. The van der Waals surface area contributed by atoms with Crippen molar-refractivity contribution in [1.82, 2.24) is 9.62 Å². The van der Waals surface area contributed by atoms with E-state index in [0.29, 0.717) is 31.5 Å². The molecular weight excluding hydrogens is 346 g/mol. The van der Waals surface area contributed by atoms with Gasteiger partial charge in [0, 0.05) is 31.3 Å². The highest BCUT2D eigenvalue weighted by molar-refractivity contribution is 7.89. The number of benzene rings is 1. The van der Waals surface area contributed by atoms with Crippen LogP contribution < -0.4 is 5.32 Å². The summed E-state index contributed by atoms with van der Waals surface area (Å²) in [6, 6.07) is 6.06.